The normalized spacial score (nSPS) is 31.3. The van der Waals surface area contributed by atoms with Gasteiger partial charge in [-0.05, 0) is 93.0 Å². The zero-order valence-corrected chi connectivity index (χ0v) is 24.4. The van der Waals surface area contributed by atoms with Crippen LogP contribution < -0.4 is 0 Å². The monoisotopic (exact) mass is 519 g/mol. The van der Waals surface area contributed by atoms with Crippen LogP contribution in [0.3, 0.4) is 0 Å². The highest BCUT2D eigenvalue weighted by atomic mass is 32.2. The highest BCUT2D eigenvalue weighted by Crippen LogP contribution is 2.61. The van der Waals surface area contributed by atoms with E-state index in [-0.39, 0.29) is 16.6 Å². The summed E-state index contributed by atoms with van der Waals surface area (Å²) in [6.45, 7) is 14.6. The van der Waals surface area contributed by atoms with Crippen molar-refractivity contribution in [1.29, 1.82) is 0 Å². The molecule has 4 rings (SSSR count). The van der Waals surface area contributed by atoms with Crippen LogP contribution in [0.4, 0.5) is 0 Å². The summed E-state index contributed by atoms with van der Waals surface area (Å²) in [5, 5.41) is 0.140. The molecule has 1 heterocycles. The summed E-state index contributed by atoms with van der Waals surface area (Å²) in [5.41, 5.74) is 1.18. The first-order valence-electron chi connectivity index (χ1n) is 13.5. The number of ketones is 1. The molecule has 1 aliphatic heterocycles. The quantitative estimate of drug-likeness (QED) is 0.436. The van der Waals surface area contributed by atoms with Gasteiger partial charge in [0.25, 0.3) is 0 Å². The molecule has 0 amide bonds. The van der Waals surface area contributed by atoms with Gasteiger partial charge in [-0.2, -0.15) is 4.31 Å². The van der Waals surface area contributed by atoms with E-state index < -0.39 is 18.3 Å². The molecule has 1 spiro atoms. The second-order valence-corrected chi connectivity index (χ2v) is 19.6. The van der Waals surface area contributed by atoms with E-state index in [1.807, 2.05) is 19.1 Å². The van der Waals surface area contributed by atoms with Crippen LogP contribution in [0.5, 0.6) is 0 Å². The van der Waals surface area contributed by atoms with Crippen LogP contribution in [-0.2, 0) is 19.2 Å². The Hall–Kier alpha value is -1.02. The minimum Gasteiger partial charge on any atom is -0.414 e. The molecule has 3 fully saturated rings. The summed E-state index contributed by atoms with van der Waals surface area (Å²) in [5.74, 6) is 1.19. The highest BCUT2D eigenvalue weighted by Gasteiger charge is 2.58. The molecule has 5 nitrogen and oxygen atoms in total. The summed E-state index contributed by atoms with van der Waals surface area (Å²) >= 11 is 0. The standard InChI is InChI=1S/C28H45NO4SSi/c1-21-10-12-24(13-11-21)34(31,32)29-17-7-9-25-26(33-35(5,6)27(2,3)4)20-22-19-23(30)14-16-28(22,25)15-8-18-29/h10-13,22,25-26H,7-9,14-20H2,1-6H3/t22-,25+,26-,28-/m0/s1. The smallest absolute Gasteiger partial charge is 0.243 e. The number of hydrogen-bond acceptors (Lipinski definition) is 4. The predicted octanol–water partition coefficient (Wildman–Crippen LogP) is 6.33. The van der Waals surface area contributed by atoms with Crippen LogP contribution in [0.2, 0.25) is 18.1 Å². The zero-order chi connectivity index (χ0) is 25.6. The predicted molar refractivity (Wildman–Crippen MR) is 143 cm³/mol. The van der Waals surface area contributed by atoms with Gasteiger partial charge in [0.2, 0.25) is 10.0 Å². The topological polar surface area (TPSA) is 63.7 Å². The summed E-state index contributed by atoms with van der Waals surface area (Å²) in [6, 6.07) is 7.21. The maximum Gasteiger partial charge on any atom is 0.243 e. The van der Waals surface area contributed by atoms with Crippen molar-refractivity contribution in [2.45, 2.75) is 108 Å². The molecular weight excluding hydrogens is 474 g/mol. The first kappa shape index (κ1) is 27.0. The number of carbonyl (C=O) groups is 1. The maximum absolute atomic E-state index is 13.5. The molecule has 3 aliphatic rings. The maximum atomic E-state index is 13.5. The van der Waals surface area contributed by atoms with Gasteiger partial charge >= 0.3 is 0 Å². The molecule has 2 saturated carbocycles. The molecule has 1 aromatic rings. The molecule has 1 saturated heterocycles. The van der Waals surface area contributed by atoms with E-state index in [1.165, 1.54) is 0 Å². The van der Waals surface area contributed by atoms with E-state index in [0.29, 0.717) is 48.4 Å². The van der Waals surface area contributed by atoms with Crippen LogP contribution in [0.1, 0.15) is 77.7 Å². The van der Waals surface area contributed by atoms with Crippen molar-refractivity contribution in [3.05, 3.63) is 29.8 Å². The van der Waals surface area contributed by atoms with Crippen molar-refractivity contribution < 1.29 is 17.6 Å². The largest absolute Gasteiger partial charge is 0.414 e. The van der Waals surface area contributed by atoms with Crippen molar-refractivity contribution in [2.24, 2.45) is 17.3 Å². The van der Waals surface area contributed by atoms with Crippen LogP contribution in [0.15, 0.2) is 29.2 Å². The van der Waals surface area contributed by atoms with Crippen LogP contribution in [0, 0.1) is 24.2 Å². The third kappa shape index (κ3) is 5.20. The fourth-order valence-corrected chi connectivity index (χ4v) is 9.62. The molecule has 0 aromatic heterocycles. The molecule has 0 bridgehead atoms. The van der Waals surface area contributed by atoms with Crippen molar-refractivity contribution in [1.82, 2.24) is 4.31 Å². The molecular formula is C28H45NO4SSi. The van der Waals surface area contributed by atoms with Crippen LogP contribution >= 0.6 is 0 Å². The lowest BCUT2D eigenvalue weighted by molar-refractivity contribution is -0.125. The number of carbonyl (C=O) groups excluding carboxylic acids is 1. The Kier molecular flexibility index (Phi) is 7.49. The van der Waals surface area contributed by atoms with Gasteiger partial charge in [-0.15, -0.1) is 0 Å². The number of rotatable bonds is 4. The summed E-state index contributed by atoms with van der Waals surface area (Å²) < 4.78 is 35.7. The summed E-state index contributed by atoms with van der Waals surface area (Å²) in [6.07, 6.45) is 7.14. The van der Waals surface area contributed by atoms with E-state index in [4.69, 9.17) is 4.43 Å². The first-order valence-corrected chi connectivity index (χ1v) is 17.9. The zero-order valence-electron chi connectivity index (χ0n) is 22.6. The third-order valence-corrected chi connectivity index (χ3v) is 16.2. The molecule has 0 N–H and O–H groups in total. The number of Topliss-reactive ketones (excluding diaryl/α,β-unsaturated/α-hetero) is 1. The van der Waals surface area contributed by atoms with Crippen molar-refractivity contribution in [3.8, 4) is 0 Å². The van der Waals surface area contributed by atoms with Gasteiger partial charge in [0.05, 0.1) is 4.90 Å². The van der Waals surface area contributed by atoms with E-state index >= 15 is 0 Å². The summed E-state index contributed by atoms with van der Waals surface area (Å²) in [4.78, 5) is 12.9. The number of benzene rings is 1. The highest BCUT2D eigenvalue weighted by molar-refractivity contribution is 7.89. The average molecular weight is 520 g/mol. The fraction of sp³-hybridized carbons (Fsp3) is 0.750. The Labute approximate surface area is 214 Å². The molecule has 35 heavy (non-hydrogen) atoms. The Bertz CT molecular complexity index is 1030. The van der Waals surface area contributed by atoms with Gasteiger partial charge in [-0.3, -0.25) is 4.79 Å². The number of aryl methyl sites for hydroxylation is 1. The molecule has 7 heteroatoms. The Morgan fingerprint density at radius 1 is 1.06 bits per heavy atom. The minimum absolute atomic E-state index is 0.116. The molecule has 2 aliphatic carbocycles. The second kappa shape index (κ2) is 9.69. The van der Waals surface area contributed by atoms with E-state index in [9.17, 15) is 13.2 Å². The Morgan fingerprint density at radius 2 is 1.71 bits per heavy atom. The molecule has 4 atom stereocenters. The van der Waals surface area contributed by atoms with Crippen molar-refractivity contribution >= 4 is 24.1 Å². The van der Waals surface area contributed by atoms with Crippen LogP contribution in [-0.4, -0.2) is 46.0 Å². The van der Waals surface area contributed by atoms with Gasteiger partial charge in [0, 0.05) is 32.0 Å². The summed E-state index contributed by atoms with van der Waals surface area (Å²) in [7, 11) is -5.46. The van der Waals surface area contributed by atoms with Crippen molar-refractivity contribution in [2.75, 3.05) is 13.1 Å². The van der Waals surface area contributed by atoms with E-state index in [0.717, 1.165) is 44.1 Å². The first-order chi connectivity index (χ1) is 16.3. The van der Waals surface area contributed by atoms with Crippen molar-refractivity contribution in [3.63, 3.8) is 0 Å². The fourth-order valence-electron chi connectivity index (χ4n) is 6.73. The number of hydrogen-bond donors (Lipinski definition) is 0. The van der Waals surface area contributed by atoms with Gasteiger partial charge in [-0.1, -0.05) is 38.5 Å². The Balaban J connectivity index is 1.59. The molecule has 0 radical (unpaired) electrons. The second-order valence-electron chi connectivity index (χ2n) is 12.9. The SMILES string of the molecule is Cc1ccc(S(=O)(=O)N2CCC[C@@H]3[C@@H](O[Si](C)(C)C(C)(C)C)C[C@@H]4CC(=O)CC[C@@]43CCC2)cc1. The third-order valence-electron chi connectivity index (χ3n) is 9.74. The van der Waals surface area contributed by atoms with E-state index in [2.05, 4.69) is 33.9 Å². The van der Waals surface area contributed by atoms with Gasteiger partial charge in [-0.25, -0.2) is 8.42 Å². The minimum atomic E-state index is -3.51. The lowest BCUT2D eigenvalue weighted by Crippen LogP contribution is -2.46. The Morgan fingerprint density at radius 3 is 2.37 bits per heavy atom. The number of nitrogens with zero attached hydrogens (tertiary/aromatic N) is 1. The number of sulfonamides is 1. The van der Waals surface area contributed by atoms with E-state index in [1.54, 1.807) is 16.4 Å². The lowest BCUT2D eigenvalue weighted by atomic mass is 9.60. The average Bonchev–Trinajstić information content (AvgIpc) is 3.08. The van der Waals surface area contributed by atoms with Gasteiger partial charge in [0.15, 0.2) is 8.32 Å². The van der Waals surface area contributed by atoms with Gasteiger partial charge < -0.3 is 4.43 Å². The molecule has 0 unspecified atom stereocenters. The molecule has 1 aromatic carbocycles. The molecule has 196 valence electrons. The van der Waals surface area contributed by atoms with Crippen LogP contribution in [0.25, 0.3) is 0 Å². The lowest BCUT2D eigenvalue weighted by Gasteiger charge is -2.45. The van der Waals surface area contributed by atoms with Gasteiger partial charge in [0.1, 0.15) is 5.78 Å².